The van der Waals surface area contributed by atoms with Crippen LogP contribution in [0.25, 0.3) is 0 Å². The largest absolute Gasteiger partial charge is 0.0622 e. The minimum Gasteiger partial charge on any atom is -0.0622 e. The molecule has 0 spiro atoms. The zero-order valence-electron chi connectivity index (χ0n) is 10.9. The number of hydrogen-bond acceptors (Lipinski definition) is 0. The molecule has 88 valence electrons. The van der Waals surface area contributed by atoms with E-state index in [9.17, 15) is 0 Å². The van der Waals surface area contributed by atoms with Crippen LogP contribution in [-0.4, -0.2) is 0 Å². The summed E-state index contributed by atoms with van der Waals surface area (Å²) in [6.45, 7) is 7.21. The lowest BCUT2D eigenvalue weighted by Crippen LogP contribution is -2.29. The van der Waals surface area contributed by atoms with Gasteiger partial charge < -0.3 is 0 Å². The molecule has 1 aromatic carbocycles. The second-order valence-electron chi connectivity index (χ2n) is 6.27. The topological polar surface area (TPSA) is 0 Å². The van der Waals surface area contributed by atoms with Crippen molar-refractivity contribution in [2.24, 2.45) is 11.3 Å². The summed E-state index contributed by atoms with van der Waals surface area (Å²) in [7, 11) is 0. The first-order valence-corrected chi connectivity index (χ1v) is 6.64. The van der Waals surface area contributed by atoms with Crippen molar-refractivity contribution >= 4 is 0 Å². The normalized spacial score (nSPS) is 26.7. The van der Waals surface area contributed by atoms with Crippen molar-refractivity contribution in [3.8, 4) is 0 Å². The molecule has 0 aromatic heterocycles. The van der Waals surface area contributed by atoms with E-state index in [4.69, 9.17) is 0 Å². The standard InChI is InChI=1S/C16H24/c1-16(2,3)15-12-8-7-11-14(15)13-9-5-4-6-10-13/h4-6,9-10,14-15H,7-8,11-12H2,1-3H3/t14-,15?/m1/s1. The third-order valence-corrected chi connectivity index (χ3v) is 4.11. The fourth-order valence-electron chi connectivity index (χ4n) is 3.27. The van der Waals surface area contributed by atoms with E-state index in [0.717, 1.165) is 11.8 Å². The predicted octanol–water partition coefficient (Wildman–Crippen LogP) is 5.01. The van der Waals surface area contributed by atoms with Crippen LogP contribution in [0.15, 0.2) is 30.3 Å². The highest BCUT2D eigenvalue weighted by molar-refractivity contribution is 5.21. The highest BCUT2D eigenvalue weighted by atomic mass is 14.4. The average Bonchev–Trinajstić information content (AvgIpc) is 2.29. The van der Waals surface area contributed by atoms with Gasteiger partial charge in [-0.25, -0.2) is 0 Å². The fraction of sp³-hybridized carbons (Fsp3) is 0.625. The Morgan fingerprint density at radius 3 is 2.19 bits per heavy atom. The van der Waals surface area contributed by atoms with Crippen LogP contribution in [0.4, 0.5) is 0 Å². The Kier molecular flexibility index (Phi) is 3.37. The summed E-state index contributed by atoms with van der Waals surface area (Å²) < 4.78 is 0. The summed E-state index contributed by atoms with van der Waals surface area (Å²) in [4.78, 5) is 0. The molecule has 2 atom stereocenters. The summed E-state index contributed by atoms with van der Waals surface area (Å²) in [6, 6.07) is 11.1. The number of benzene rings is 1. The highest BCUT2D eigenvalue weighted by Gasteiger charge is 2.34. The van der Waals surface area contributed by atoms with Crippen LogP contribution in [0.1, 0.15) is 57.9 Å². The Balaban J connectivity index is 2.24. The molecule has 0 bridgehead atoms. The third-order valence-electron chi connectivity index (χ3n) is 4.11. The molecular formula is C16H24. The van der Waals surface area contributed by atoms with E-state index in [0.29, 0.717) is 5.41 Å². The molecule has 0 heteroatoms. The van der Waals surface area contributed by atoms with Gasteiger partial charge in [0, 0.05) is 0 Å². The molecule has 0 aliphatic heterocycles. The molecule has 0 amide bonds. The van der Waals surface area contributed by atoms with Gasteiger partial charge in [0.1, 0.15) is 0 Å². The van der Waals surface area contributed by atoms with Gasteiger partial charge in [-0.1, -0.05) is 63.9 Å². The molecule has 16 heavy (non-hydrogen) atoms. The van der Waals surface area contributed by atoms with Crippen molar-refractivity contribution in [2.75, 3.05) is 0 Å². The molecular weight excluding hydrogens is 192 g/mol. The maximum absolute atomic E-state index is 2.40. The maximum atomic E-state index is 2.40. The Morgan fingerprint density at radius 2 is 1.56 bits per heavy atom. The van der Waals surface area contributed by atoms with E-state index in [1.54, 1.807) is 5.56 Å². The summed E-state index contributed by atoms with van der Waals surface area (Å²) >= 11 is 0. The van der Waals surface area contributed by atoms with E-state index in [2.05, 4.69) is 51.1 Å². The van der Waals surface area contributed by atoms with E-state index in [1.807, 2.05) is 0 Å². The van der Waals surface area contributed by atoms with Gasteiger partial charge in [0.15, 0.2) is 0 Å². The molecule has 1 aliphatic rings. The number of hydrogen-bond donors (Lipinski definition) is 0. The monoisotopic (exact) mass is 216 g/mol. The minimum atomic E-state index is 0.445. The molecule has 0 radical (unpaired) electrons. The summed E-state index contributed by atoms with van der Waals surface area (Å²) in [5.41, 5.74) is 2.00. The zero-order chi connectivity index (χ0) is 11.6. The molecule has 0 N–H and O–H groups in total. The number of rotatable bonds is 1. The first-order valence-electron chi connectivity index (χ1n) is 6.64. The van der Waals surface area contributed by atoms with E-state index in [-0.39, 0.29) is 0 Å². The predicted molar refractivity (Wildman–Crippen MR) is 70.6 cm³/mol. The first-order chi connectivity index (χ1) is 7.59. The van der Waals surface area contributed by atoms with Crippen molar-refractivity contribution in [3.63, 3.8) is 0 Å². The van der Waals surface area contributed by atoms with Crippen LogP contribution in [0.3, 0.4) is 0 Å². The smallest absolute Gasteiger partial charge is 0.0129 e. The molecule has 2 rings (SSSR count). The second-order valence-corrected chi connectivity index (χ2v) is 6.27. The molecule has 0 saturated heterocycles. The zero-order valence-corrected chi connectivity index (χ0v) is 10.9. The van der Waals surface area contributed by atoms with Crippen LogP contribution in [0.2, 0.25) is 0 Å². The van der Waals surface area contributed by atoms with Gasteiger partial charge in [-0.3, -0.25) is 0 Å². The molecule has 1 fully saturated rings. The Labute approximate surface area is 100 Å². The maximum Gasteiger partial charge on any atom is -0.0129 e. The van der Waals surface area contributed by atoms with E-state index >= 15 is 0 Å². The van der Waals surface area contributed by atoms with Crippen molar-refractivity contribution < 1.29 is 0 Å². The lowest BCUT2D eigenvalue weighted by molar-refractivity contribution is 0.151. The van der Waals surface area contributed by atoms with Crippen LogP contribution in [0.5, 0.6) is 0 Å². The van der Waals surface area contributed by atoms with Gasteiger partial charge in [-0.15, -0.1) is 0 Å². The van der Waals surface area contributed by atoms with Gasteiger partial charge in [0.2, 0.25) is 0 Å². The third kappa shape index (κ3) is 2.48. The van der Waals surface area contributed by atoms with Gasteiger partial charge in [0.25, 0.3) is 0 Å². The summed E-state index contributed by atoms with van der Waals surface area (Å²) in [5, 5.41) is 0. The quantitative estimate of drug-likeness (QED) is 0.619. The van der Waals surface area contributed by atoms with Crippen molar-refractivity contribution in [2.45, 2.75) is 52.4 Å². The molecule has 1 aliphatic carbocycles. The van der Waals surface area contributed by atoms with Gasteiger partial charge in [0.05, 0.1) is 0 Å². The summed E-state index contributed by atoms with van der Waals surface area (Å²) in [5.74, 6) is 1.64. The molecule has 1 unspecified atom stereocenters. The molecule has 1 saturated carbocycles. The lowest BCUT2D eigenvalue weighted by Gasteiger charge is -2.40. The van der Waals surface area contributed by atoms with Crippen LogP contribution >= 0.6 is 0 Å². The Hall–Kier alpha value is -0.780. The molecule has 0 nitrogen and oxygen atoms in total. The van der Waals surface area contributed by atoms with E-state index < -0.39 is 0 Å². The van der Waals surface area contributed by atoms with Gasteiger partial charge >= 0.3 is 0 Å². The highest BCUT2D eigenvalue weighted by Crippen LogP contribution is 2.46. The first kappa shape index (κ1) is 11.7. The van der Waals surface area contributed by atoms with Crippen molar-refractivity contribution in [1.29, 1.82) is 0 Å². The van der Waals surface area contributed by atoms with Crippen LogP contribution < -0.4 is 0 Å². The second kappa shape index (κ2) is 4.61. The minimum absolute atomic E-state index is 0.445. The van der Waals surface area contributed by atoms with Gasteiger partial charge in [-0.05, 0) is 35.7 Å². The molecule has 0 heterocycles. The Bertz CT molecular complexity index is 318. The SMILES string of the molecule is CC(C)(C)C1CCCC[C@@H]1c1ccccc1. The van der Waals surface area contributed by atoms with Crippen molar-refractivity contribution in [3.05, 3.63) is 35.9 Å². The van der Waals surface area contributed by atoms with E-state index in [1.165, 1.54) is 25.7 Å². The molecule has 1 aromatic rings. The Morgan fingerprint density at radius 1 is 0.938 bits per heavy atom. The van der Waals surface area contributed by atoms with Gasteiger partial charge in [-0.2, -0.15) is 0 Å². The average molecular weight is 216 g/mol. The van der Waals surface area contributed by atoms with Crippen molar-refractivity contribution in [1.82, 2.24) is 0 Å². The van der Waals surface area contributed by atoms with Crippen LogP contribution in [0, 0.1) is 11.3 Å². The fourth-order valence-corrected chi connectivity index (χ4v) is 3.27. The van der Waals surface area contributed by atoms with Crippen LogP contribution in [-0.2, 0) is 0 Å². The lowest BCUT2D eigenvalue weighted by atomic mass is 9.64. The summed E-state index contributed by atoms with van der Waals surface area (Å²) in [6.07, 6.45) is 5.62.